The van der Waals surface area contributed by atoms with E-state index in [4.69, 9.17) is 9.15 Å². The van der Waals surface area contributed by atoms with Gasteiger partial charge in [0, 0.05) is 23.7 Å². The summed E-state index contributed by atoms with van der Waals surface area (Å²) in [5.41, 5.74) is 2.98. The van der Waals surface area contributed by atoms with Crippen LogP contribution in [0.3, 0.4) is 0 Å². The summed E-state index contributed by atoms with van der Waals surface area (Å²) in [7, 11) is 1.62. The zero-order valence-electron chi connectivity index (χ0n) is 14.0. The molecular weight excluding hydrogens is 304 g/mol. The number of hydrogen-bond acceptors (Lipinski definition) is 4. The molecule has 1 N–H and O–H groups in total. The molecule has 0 unspecified atom stereocenters. The van der Waals surface area contributed by atoms with Crippen LogP contribution < -0.4 is 10.1 Å². The van der Waals surface area contributed by atoms with Crippen LogP contribution in [-0.4, -0.2) is 18.0 Å². The lowest BCUT2D eigenvalue weighted by Crippen LogP contribution is -2.13. The van der Waals surface area contributed by atoms with E-state index < -0.39 is 0 Å². The minimum atomic E-state index is 0.00412. The fraction of sp³-hybridized carbons (Fsp3) is 0.263. The molecular formula is C19H20N2O3. The molecule has 0 radical (unpaired) electrons. The van der Waals surface area contributed by atoms with E-state index in [2.05, 4.69) is 10.3 Å². The van der Waals surface area contributed by atoms with Crippen molar-refractivity contribution in [3.63, 3.8) is 0 Å². The minimum Gasteiger partial charge on any atom is -0.497 e. The lowest BCUT2D eigenvalue weighted by Gasteiger charge is -2.07. The Kier molecular flexibility index (Phi) is 4.51. The van der Waals surface area contributed by atoms with Crippen LogP contribution in [0, 0.1) is 5.92 Å². The molecule has 0 spiro atoms. The van der Waals surface area contributed by atoms with Gasteiger partial charge in [0.25, 0.3) is 0 Å². The molecule has 3 aromatic rings. The highest BCUT2D eigenvalue weighted by molar-refractivity contribution is 5.91. The molecule has 0 aliphatic heterocycles. The maximum Gasteiger partial charge on any atom is 0.227 e. The number of methoxy groups -OCH3 is 1. The molecule has 0 bridgehead atoms. The molecule has 5 nitrogen and oxygen atoms in total. The van der Waals surface area contributed by atoms with Crippen LogP contribution in [0.2, 0.25) is 0 Å². The van der Waals surface area contributed by atoms with Crippen LogP contribution in [-0.2, 0) is 4.79 Å². The Morgan fingerprint density at radius 1 is 1.25 bits per heavy atom. The molecule has 3 rings (SSSR count). The second kappa shape index (κ2) is 6.74. The van der Waals surface area contributed by atoms with Crippen molar-refractivity contribution in [2.45, 2.75) is 20.3 Å². The van der Waals surface area contributed by atoms with E-state index in [1.807, 2.05) is 56.3 Å². The number of fused-ring (bicyclic) bond motifs is 1. The highest BCUT2D eigenvalue weighted by Crippen LogP contribution is 2.28. The van der Waals surface area contributed by atoms with Gasteiger partial charge in [0.05, 0.1) is 7.11 Å². The molecule has 0 aliphatic carbocycles. The smallest absolute Gasteiger partial charge is 0.227 e. The van der Waals surface area contributed by atoms with Crippen LogP contribution in [0.1, 0.15) is 20.3 Å². The third-order valence-corrected chi connectivity index (χ3v) is 3.58. The van der Waals surface area contributed by atoms with E-state index in [1.54, 1.807) is 7.11 Å². The summed E-state index contributed by atoms with van der Waals surface area (Å²) in [4.78, 5) is 16.4. The van der Waals surface area contributed by atoms with Gasteiger partial charge in [-0.2, -0.15) is 0 Å². The van der Waals surface area contributed by atoms with Gasteiger partial charge in [0.2, 0.25) is 11.8 Å². The molecule has 124 valence electrons. The second-order valence-corrected chi connectivity index (χ2v) is 6.08. The van der Waals surface area contributed by atoms with Gasteiger partial charge in [-0.1, -0.05) is 19.9 Å². The van der Waals surface area contributed by atoms with Gasteiger partial charge in [0.15, 0.2) is 5.58 Å². The van der Waals surface area contributed by atoms with E-state index in [0.29, 0.717) is 23.8 Å². The Balaban J connectivity index is 1.87. The maximum absolute atomic E-state index is 11.9. The fourth-order valence-electron chi connectivity index (χ4n) is 2.47. The number of anilines is 1. The Bertz CT molecular complexity index is 868. The first-order valence-corrected chi connectivity index (χ1v) is 7.90. The van der Waals surface area contributed by atoms with Crippen molar-refractivity contribution in [2.75, 3.05) is 12.4 Å². The predicted octanol–water partition coefficient (Wildman–Crippen LogP) is 4.49. The highest BCUT2D eigenvalue weighted by atomic mass is 16.5. The topological polar surface area (TPSA) is 64.4 Å². The molecule has 0 saturated carbocycles. The number of oxazole rings is 1. The number of amides is 1. The Morgan fingerprint density at radius 2 is 2.08 bits per heavy atom. The van der Waals surface area contributed by atoms with E-state index in [9.17, 15) is 4.79 Å². The van der Waals surface area contributed by atoms with Crippen LogP contribution in [0.15, 0.2) is 46.9 Å². The van der Waals surface area contributed by atoms with Crippen molar-refractivity contribution < 1.29 is 13.9 Å². The summed E-state index contributed by atoms with van der Waals surface area (Å²) < 4.78 is 11.0. The van der Waals surface area contributed by atoms with E-state index in [0.717, 1.165) is 22.5 Å². The molecule has 1 amide bonds. The van der Waals surface area contributed by atoms with Gasteiger partial charge in [-0.3, -0.25) is 4.79 Å². The molecule has 0 aliphatic rings. The number of aromatic nitrogens is 1. The largest absolute Gasteiger partial charge is 0.497 e. The summed E-state index contributed by atoms with van der Waals surface area (Å²) in [6.07, 6.45) is 0.493. The van der Waals surface area contributed by atoms with Crippen molar-refractivity contribution in [1.29, 1.82) is 0 Å². The number of nitrogens with zero attached hydrogens (tertiary/aromatic N) is 1. The lowest BCUT2D eigenvalue weighted by atomic mass is 10.1. The highest BCUT2D eigenvalue weighted by Gasteiger charge is 2.11. The average molecular weight is 324 g/mol. The number of rotatable bonds is 5. The maximum atomic E-state index is 11.9. The summed E-state index contributed by atoms with van der Waals surface area (Å²) in [5, 5.41) is 2.91. The predicted molar refractivity (Wildman–Crippen MR) is 94.1 cm³/mol. The summed E-state index contributed by atoms with van der Waals surface area (Å²) in [5.74, 6) is 1.57. The number of benzene rings is 2. The van der Waals surface area contributed by atoms with Crippen LogP contribution in [0.4, 0.5) is 5.69 Å². The van der Waals surface area contributed by atoms with Crippen molar-refractivity contribution in [2.24, 2.45) is 5.92 Å². The van der Waals surface area contributed by atoms with E-state index >= 15 is 0 Å². The molecule has 5 heteroatoms. The third kappa shape index (κ3) is 3.56. The quantitative estimate of drug-likeness (QED) is 0.751. The van der Waals surface area contributed by atoms with E-state index in [1.165, 1.54) is 0 Å². The third-order valence-electron chi connectivity index (χ3n) is 3.58. The number of nitrogens with one attached hydrogen (secondary N) is 1. The van der Waals surface area contributed by atoms with Crippen LogP contribution in [0.25, 0.3) is 22.6 Å². The number of hydrogen-bond donors (Lipinski definition) is 1. The SMILES string of the molecule is COc1ccc2oc(-c3cccc(NC(=O)CC(C)C)c3)nc2c1. The zero-order valence-corrected chi connectivity index (χ0v) is 14.0. The molecule has 2 aromatic carbocycles. The standard InChI is InChI=1S/C19H20N2O3/c1-12(2)9-18(22)20-14-6-4-5-13(10-14)19-21-16-11-15(23-3)7-8-17(16)24-19/h4-8,10-12H,9H2,1-3H3,(H,20,22). The van der Waals surface area contributed by atoms with Crippen LogP contribution >= 0.6 is 0 Å². The normalized spacial score (nSPS) is 11.0. The average Bonchev–Trinajstić information content (AvgIpc) is 2.97. The van der Waals surface area contributed by atoms with Gasteiger partial charge in [-0.15, -0.1) is 0 Å². The van der Waals surface area contributed by atoms with Crippen LogP contribution in [0.5, 0.6) is 5.75 Å². The Morgan fingerprint density at radius 3 is 2.83 bits per heavy atom. The lowest BCUT2D eigenvalue weighted by molar-refractivity contribution is -0.116. The molecule has 0 atom stereocenters. The van der Waals surface area contributed by atoms with Crippen molar-refractivity contribution in [3.8, 4) is 17.2 Å². The summed E-state index contributed by atoms with van der Waals surface area (Å²) in [6.45, 7) is 4.03. The first kappa shape index (κ1) is 16.1. The summed E-state index contributed by atoms with van der Waals surface area (Å²) in [6, 6.07) is 13.0. The first-order valence-electron chi connectivity index (χ1n) is 7.90. The first-order chi connectivity index (χ1) is 11.5. The second-order valence-electron chi connectivity index (χ2n) is 6.08. The molecule has 1 heterocycles. The molecule has 0 saturated heterocycles. The summed E-state index contributed by atoms with van der Waals surface area (Å²) >= 11 is 0. The molecule has 0 fully saturated rings. The van der Waals surface area contributed by atoms with Crippen molar-refractivity contribution in [1.82, 2.24) is 4.98 Å². The molecule has 24 heavy (non-hydrogen) atoms. The Hall–Kier alpha value is -2.82. The number of ether oxygens (including phenoxy) is 1. The van der Waals surface area contributed by atoms with E-state index in [-0.39, 0.29) is 5.91 Å². The number of carbonyl (C=O) groups is 1. The monoisotopic (exact) mass is 324 g/mol. The zero-order chi connectivity index (χ0) is 17.1. The van der Waals surface area contributed by atoms with Gasteiger partial charge < -0.3 is 14.5 Å². The number of carbonyl (C=O) groups excluding carboxylic acids is 1. The van der Waals surface area contributed by atoms with Gasteiger partial charge >= 0.3 is 0 Å². The van der Waals surface area contributed by atoms with Crippen molar-refractivity contribution in [3.05, 3.63) is 42.5 Å². The van der Waals surface area contributed by atoms with Gasteiger partial charge in [-0.05, 0) is 36.2 Å². The van der Waals surface area contributed by atoms with Crippen molar-refractivity contribution >= 4 is 22.7 Å². The minimum absolute atomic E-state index is 0.00412. The van der Waals surface area contributed by atoms with Gasteiger partial charge in [0.1, 0.15) is 11.3 Å². The van der Waals surface area contributed by atoms with Gasteiger partial charge in [-0.25, -0.2) is 4.98 Å². The Labute approximate surface area is 140 Å². The fourth-order valence-corrected chi connectivity index (χ4v) is 2.47. The molecule has 1 aromatic heterocycles.